The van der Waals surface area contributed by atoms with E-state index in [1.165, 1.54) is 50.5 Å². The lowest BCUT2D eigenvalue weighted by Crippen LogP contribution is -2.59. The number of benzene rings is 1. The average molecular weight is 440 g/mol. The minimum atomic E-state index is 0.109. The fraction of sp³-hybridized carbons (Fsp3) is 0.679. The lowest BCUT2D eigenvalue weighted by Gasteiger charge is -2.59. The molecule has 3 heteroatoms. The Kier molecular flexibility index (Phi) is 5.52. The topological polar surface area (TPSA) is 29.1 Å². The number of amides is 1. The molecule has 31 heavy (non-hydrogen) atoms. The molecule has 0 aromatic heterocycles. The van der Waals surface area contributed by atoms with Gasteiger partial charge >= 0.3 is 0 Å². The number of carbonyl (C=O) groups is 1. The smallest absolute Gasteiger partial charge is 0.243 e. The molecule has 4 aliphatic rings. The normalized spacial score (nSPS) is 42.3. The molecule has 1 unspecified atom stereocenters. The van der Waals surface area contributed by atoms with Crippen LogP contribution in [0.15, 0.2) is 36.4 Å². The first-order valence-electron chi connectivity index (χ1n) is 12.6. The minimum Gasteiger partial charge on any atom is -0.349 e. The van der Waals surface area contributed by atoms with Crippen LogP contribution >= 0.6 is 11.6 Å². The molecule has 1 heterocycles. The Morgan fingerprint density at radius 2 is 1.84 bits per heavy atom. The highest BCUT2D eigenvalue weighted by Gasteiger charge is 2.59. The van der Waals surface area contributed by atoms with E-state index < -0.39 is 0 Å². The molecule has 3 fully saturated rings. The van der Waals surface area contributed by atoms with Crippen molar-refractivity contribution in [3.05, 3.63) is 47.0 Å². The van der Waals surface area contributed by atoms with E-state index in [2.05, 4.69) is 44.3 Å². The molecule has 0 bridgehead atoms. The Balaban J connectivity index is 1.28. The van der Waals surface area contributed by atoms with Crippen molar-refractivity contribution in [2.45, 2.75) is 84.1 Å². The highest BCUT2D eigenvalue weighted by atomic mass is 35.5. The van der Waals surface area contributed by atoms with Gasteiger partial charge in [0, 0.05) is 16.5 Å². The van der Waals surface area contributed by atoms with Crippen LogP contribution in [0.2, 0.25) is 5.02 Å². The van der Waals surface area contributed by atoms with Gasteiger partial charge in [0.15, 0.2) is 0 Å². The lowest BCUT2D eigenvalue weighted by atomic mass is 9.47. The Hall–Kier alpha value is -1.28. The highest BCUT2D eigenvalue weighted by molar-refractivity contribution is 6.30. The third-order valence-corrected chi connectivity index (χ3v) is 10.5. The summed E-state index contributed by atoms with van der Waals surface area (Å²) in [4.78, 5) is 11.9. The van der Waals surface area contributed by atoms with Gasteiger partial charge in [-0.05, 0) is 110 Å². The summed E-state index contributed by atoms with van der Waals surface area (Å²) < 4.78 is 0. The summed E-state index contributed by atoms with van der Waals surface area (Å²) in [7, 11) is 0. The van der Waals surface area contributed by atoms with Crippen LogP contribution in [0.4, 0.5) is 0 Å². The van der Waals surface area contributed by atoms with E-state index in [-0.39, 0.29) is 11.3 Å². The van der Waals surface area contributed by atoms with Crippen molar-refractivity contribution >= 4 is 17.5 Å². The summed E-state index contributed by atoms with van der Waals surface area (Å²) in [6.45, 7) is 7.43. The number of fused-ring (bicyclic) bond motifs is 5. The van der Waals surface area contributed by atoms with Crippen molar-refractivity contribution in [2.24, 2.45) is 34.5 Å². The Morgan fingerprint density at radius 3 is 2.61 bits per heavy atom. The lowest BCUT2D eigenvalue weighted by molar-refractivity contribution is -0.122. The maximum absolute atomic E-state index is 11.9. The summed E-state index contributed by atoms with van der Waals surface area (Å²) in [5.74, 6) is 4.00. The summed E-state index contributed by atoms with van der Waals surface area (Å²) in [6, 6.07) is 8.80. The number of rotatable bonds is 4. The molecule has 0 saturated heterocycles. The predicted octanol–water partition coefficient (Wildman–Crippen LogP) is 7.14. The van der Waals surface area contributed by atoms with Crippen molar-refractivity contribution in [1.82, 2.24) is 5.32 Å². The second-order valence-electron chi connectivity index (χ2n) is 11.6. The first-order chi connectivity index (χ1) is 14.8. The summed E-state index contributed by atoms with van der Waals surface area (Å²) in [6.07, 6.45) is 14.7. The van der Waals surface area contributed by atoms with Crippen molar-refractivity contribution in [3.8, 4) is 0 Å². The van der Waals surface area contributed by atoms with Gasteiger partial charge < -0.3 is 5.32 Å². The standard InChI is InChI=1S/C28H38ClNO/c1-18(19-5-9-21(29)10-6-19)4-7-20-8-12-23-22-11-13-25-28(3,17-15-26(31)30-25)24(22)14-16-27(20,23)2/h5-6,9-10,15,17-18,20,22-25H,4,7-8,11-14,16H2,1-3H3,(H,30,31)/t18?,20-,22-,23-,24-,25+,27+,28+/m0/s1. The Morgan fingerprint density at radius 1 is 1.06 bits per heavy atom. The van der Waals surface area contributed by atoms with Crippen molar-refractivity contribution in [2.75, 3.05) is 0 Å². The van der Waals surface area contributed by atoms with Gasteiger partial charge in [0.2, 0.25) is 5.91 Å². The van der Waals surface area contributed by atoms with Gasteiger partial charge in [-0.15, -0.1) is 0 Å². The van der Waals surface area contributed by atoms with Crippen LogP contribution < -0.4 is 5.32 Å². The summed E-state index contributed by atoms with van der Waals surface area (Å²) >= 11 is 6.08. The molecule has 2 nitrogen and oxygen atoms in total. The molecule has 3 aliphatic carbocycles. The van der Waals surface area contributed by atoms with E-state index in [0.29, 0.717) is 17.4 Å². The zero-order chi connectivity index (χ0) is 21.8. The van der Waals surface area contributed by atoms with E-state index in [1.807, 2.05) is 18.2 Å². The molecule has 3 saturated carbocycles. The first kappa shape index (κ1) is 21.6. The molecule has 1 N–H and O–H groups in total. The number of nitrogens with one attached hydrogen (secondary N) is 1. The van der Waals surface area contributed by atoms with E-state index >= 15 is 0 Å². The molecular formula is C28H38ClNO. The second kappa shape index (κ2) is 7.94. The molecule has 1 aliphatic heterocycles. The fourth-order valence-corrected chi connectivity index (χ4v) is 8.45. The third-order valence-electron chi connectivity index (χ3n) is 10.3. The second-order valence-corrected chi connectivity index (χ2v) is 12.0. The van der Waals surface area contributed by atoms with Crippen LogP contribution in [0.3, 0.4) is 0 Å². The van der Waals surface area contributed by atoms with Gasteiger partial charge in [-0.1, -0.05) is 50.6 Å². The van der Waals surface area contributed by atoms with Crippen LogP contribution in [0, 0.1) is 34.5 Å². The third kappa shape index (κ3) is 3.58. The van der Waals surface area contributed by atoms with E-state index in [4.69, 9.17) is 11.6 Å². The van der Waals surface area contributed by atoms with Crippen LogP contribution in [0.1, 0.15) is 83.6 Å². The van der Waals surface area contributed by atoms with E-state index in [1.54, 1.807) is 0 Å². The van der Waals surface area contributed by atoms with Gasteiger partial charge in [-0.3, -0.25) is 4.79 Å². The SMILES string of the molecule is CC(CC[C@H]1CC[C@H]2[C@@H]3CC[C@H]4NC(=O)C=C[C@]4(C)[C@H]3CC[C@]12C)c1ccc(Cl)cc1. The molecule has 168 valence electrons. The number of hydrogen-bond acceptors (Lipinski definition) is 1. The molecule has 8 atom stereocenters. The maximum atomic E-state index is 11.9. The fourth-order valence-electron chi connectivity index (χ4n) is 8.33. The van der Waals surface area contributed by atoms with Crippen LogP contribution in [-0.2, 0) is 4.79 Å². The molecule has 0 spiro atoms. The number of hydrogen-bond donors (Lipinski definition) is 1. The highest BCUT2D eigenvalue weighted by Crippen LogP contribution is 2.65. The zero-order valence-corrected chi connectivity index (χ0v) is 20.1. The van der Waals surface area contributed by atoms with Gasteiger partial charge in [0.1, 0.15) is 0 Å². The van der Waals surface area contributed by atoms with Gasteiger partial charge in [0.05, 0.1) is 0 Å². The van der Waals surface area contributed by atoms with Gasteiger partial charge in [-0.25, -0.2) is 0 Å². The van der Waals surface area contributed by atoms with Crippen molar-refractivity contribution < 1.29 is 4.79 Å². The van der Waals surface area contributed by atoms with Crippen LogP contribution in [0.25, 0.3) is 0 Å². The summed E-state index contributed by atoms with van der Waals surface area (Å²) in [5.41, 5.74) is 2.08. The molecular weight excluding hydrogens is 402 g/mol. The first-order valence-corrected chi connectivity index (χ1v) is 12.9. The maximum Gasteiger partial charge on any atom is 0.243 e. The number of carbonyl (C=O) groups excluding carboxylic acids is 1. The molecule has 1 amide bonds. The Bertz CT molecular complexity index is 862. The van der Waals surface area contributed by atoms with Gasteiger partial charge in [0.25, 0.3) is 0 Å². The molecule has 1 aromatic carbocycles. The predicted molar refractivity (Wildman–Crippen MR) is 128 cm³/mol. The average Bonchev–Trinajstić information content (AvgIpc) is 3.09. The van der Waals surface area contributed by atoms with Crippen LogP contribution in [0.5, 0.6) is 0 Å². The molecule has 5 rings (SSSR count). The van der Waals surface area contributed by atoms with E-state index in [9.17, 15) is 4.79 Å². The zero-order valence-electron chi connectivity index (χ0n) is 19.4. The number of halogens is 1. The Labute approximate surface area is 193 Å². The van der Waals surface area contributed by atoms with Gasteiger partial charge in [-0.2, -0.15) is 0 Å². The van der Waals surface area contributed by atoms with Crippen LogP contribution in [-0.4, -0.2) is 11.9 Å². The quantitative estimate of drug-likeness (QED) is 0.530. The largest absolute Gasteiger partial charge is 0.349 e. The summed E-state index contributed by atoms with van der Waals surface area (Å²) in [5, 5.41) is 4.12. The van der Waals surface area contributed by atoms with Crippen molar-refractivity contribution in [3.63, 3.8) is 0 Å². The minimum absolute atomic E-state index is 0.109. The molecule has 0 radical (unpaired) electrons. The van der Waals surface area contributed by atoms with E-state index in [0.717, 1.165) is 35.1 Å². The molecule has 1 aromatic rings. The monoisotopic (exact) mass is 439 g/mol. The van der Waals surface area contributed by atoms with Crippen molar-refractivity contribution in [1.29, 1.82) is 0 Å².